The van der Waals surface area contributed by atoms with Gasteiger partial charge in [0.05, 0.1) is 0 Å². The van der Waals surface area contributed by atoms with Crippen LogP contribution in [0.2, 0.25) is 0 Å². The van der Waals surface area contributed by atoms with E-state index in [-0.39, 0.29) is 30.2 Å². The molecular weight excluding hydrogens is 289 g/mol. The van der Waals surface area contributed by atoms with E-state index >= 15 is 0 Å². The first-order valence-corrected chi connectivity index (χ1v) is 7.10. The van der Waals surface area contributed by atoms with Gasteiger partial charge in [-0.15, -0.1) is 0 Å². The van der Waals surface area contributed by atoms with Crippen molar-refractivity contribution in [3.05, 3.63) is 30.1 Å². The summed E-state index contributed by atoms with van der Waals surface area (Å²) in [5.41, 5.74) is 0. The van der Waals surface area contributed by atoms with Crippen molar-refractivity contribution in [2.75, 3.05) is 40.3 Å². The minimum Gasteiger partial charge on any atom is -0.481 e. The number of hydrogen-bond acceptors (Lipinski definition) is 4. The third kappa shape index (κ3) is 3.73. The van der Waals surface area contributed by atoms with Gasteiger partial charge in [-0.2, -0.15) is 0 Å². The summed E-state index contributed by atoms with van der Waals surface area (Å²) in [6, 6.07) is 5.56. The monoisotopic (exact) mass is 309 g/mol. The summed E-state index contributed by atoms with van der Waals surface area (Å²) in [6.07, 6.45) is 0. The maximum Gasteiger partial charge on any atom is 0.260 e. The van der Waals surface area contributed by atoms with E-state index in [0.717, 1.165) is 0 Å². The number of para-hydroxylation sites is 1. The number of halogens is 1. The van der Waals surface area contributed by atoms with Crippen LogP contribution in [0.5, 0.6) is 5.75 Å². The summed E-state index contributed by atoms with van der Waals surface area (Å²) in [5, 5.41) is 2.59. The molecule has 1 aliphatic heterocycles. The van der Waals surface area contributed by atoms with Crippen molar-refractivity contribution >= 4 is 11.8 Å². The number of carbonyl (C=O) groups is 2. The molecule has 0 saturated carbocycles. The molecule has 2 rings (SSSR count). The van der Waals surface area contributed by atoms with Gasteiger partial charge in [0, 0.05) is 26.7 Å². The molecule has 1 atom stereocenters. The predicted octanol–water partition coefficient (Wildman–Crippen LogP) is 0.0931. The van der Waals surface area contributed by atoms with Crippen LogP contribution in [0, 0.1) is 5.82 Å². The third-order valence-electron chi connectivity index (χ3n) is 3.74. The van der Waals surface area contributed by atoms with Gasteiger partial charge in [-0.1, -0.05) is 12.1 Å². The molecule has 0 aliphatic carbocycles. The van der Waals surface area contributed by atoms with Crippen LogP contribution in [0.4, 0.5) is 4.39 Å². The van der Waals surface area contributed by atoms with Gasteiger partial charge in [-0.3, -0.25) is 14.5 Å². The van der Waals surface area contributed by atoms with E-state index in [1.54, 1.807) is 24.1 Å². The lowest BCUT2D eigenvalue weighted by Crippen LogP contribution is -2.58. The number of hydrogen-bond donors (Lipinski definition) is 1. The fraction of sp³-hybridized carbons (Fsp3) is 0.467. The van der Waals surface area contributed by atoms with Crippen LogP contribution in [-0.4, -0.2) is 68.0 Å². The van der Waals surface area contributed by atoms with Crippen molar-refractivity contribution in [3.63, 3.8) is 0 Å². The second-order valence-electron chi connectivity index (χ2n) is 5.17. The highest BCUT2D eigenvalue weighted by Gasteiger charge is 2.31. The Morgan fingerprint density at radius 2 is 2.09 bits per heavy atom. The quantitative estimate of drug-likeness (QED) is 0.856. The molecule has 1 aliphatic rings. The molecule has 1 heterocycles. The van der Waals surface area contributed by atoms with Crippen molar-refractivity contribution in [2.24, 2.45) is 0 Å². The second-order valence-corrected chi connectivity index (χ2v) is 5.17. The summed E-state index contributed by atoms with van der Waals surface area (Å²) in [4.78, 5) is 27.4. The molecule has 0 radical (unpaired) electrons. The number of piperazine rings is 1. The van der Waals surface area contributed by atoms with E-state index in [9.17, 15) is 14.0 Å². The highest BCUT2D eigenvalue weighted by molar-refractivity contribution is 5.84. The fourth-order valence-electron chi connectivity index (χ4n) is 2.34. The average Bonchev–Trinajstić information content (AvgIpc) is 2.53. The summed E-state index contributed by atoms with van der Waals surface area (Å²) < 4.78 is 18.7. The van der Waals surface area contributed by atoms with E-state index < -0.39 is 5.82 Å². The van der Waals surface area contributed by atoms with Crippen LogP contribution < -0.4 is 10.1 Å². The topological polar surface area (TPSA) is 61.9 Å². The maximum atomic E-state index is 13.4. The van der Waals surface area contributed by atoms with Gasteiger partial charge in [-0.25, -0.2) is 4.39 Å². The number of amides is 2. The number of rotatable bonds is 4. The standard InChI is InChI=1S/C15H20FN3O3/c1-17-15(21)12-9-19(8-7-18(12)2)14(20)10-22-13-6-4-3-5-11(13)16/h3-6,12H,7-10H2,1-2H3,(H,17,21). The summed E-state index contributed by atoms with van der Waals surface area (Å²) in [5.74, 6) is -0.843. The predicted molar refractivity (Wildman–Crippen MR) is 79.0 cm³/mol. The molecule has 6 nitrogen and oxygen atoms in total. The Kier molecular flexibility index (Phi) is 5.32. The van der Waals surface area contributed by atoms with Gasteiger partial charge in [0.15, 0.2) is 18.2 Å². The van der Waals surface area contributed by atoms with Gasteiger partial charge < -0.3 is 15.0 Å². The average molecular weight is 309 g/mol. The Hall–Kier alpha value is -2.15. The third-order valence-corrected chi connectivity index (χ3v) is 3.74. The number of likely N-dealkylation sites (N-methyl/N-ethyl adjacent to an activating group) is 2. The number of benzene rings is 1. The maximum absolute atomic E-state index is 13.4. The largest absolute Gasteiger partial charge is 0.481 e. The van der Waals surface area contributed by atoms with E-state index in [1.807, 2.05) is 11.9 Å². The number of nitrogens with one attached hydrogen (secondary N) is 1. The highest BCUT2D eigenvalue weighted by Crippen LogP contribution is 2.16. The molecule has 0 aromatic heterocycles. The van der Waals surface area contributed by atoms with E-state index in [0.29, 0.717) is 19.6 Å². The van der Waals surface area contributed by atoms with E-state index in [2.05, 4.69) is 5.32 Å². The molecule has 0 spiro atoms. The van der Waals surface area contributed by atoms with Crippen LogP contribution in [0.25, 0.3) is 0 Å². The molecule has 1 fully saturated rings. The molecule has 1 unspecified atom stereocenters. The van der Waals surface area contributed by atoms with Crippen LogP contribution in [0.3, 0.4) is 0 Å². The Morgan fingerprint density at radius 3 is 2.77 bits per heavy atom. The molecule has 0 bridgehead atoms. The summed E-state index contributed by atoms with van der Waals surface area (Å²) in [7, 11) is 3.41. The van der Waals surface area contributed by atoms with E-state index in [1.165, 1.54) is 12.1 Å². The molecule has 1 aromatic carbocycles. The molecule has 2 amide bonds. The molecule has 120 valence electrons. The molecule has 7 heteroatoms. The molecule has 1 saturated heterocycles. The SMILES string of the molecule is CNC(=O)C1CN(C(=O)COc2ccccc2F)CCN1C. The lowest BCUT2D eigenvalue weighted by atomic mass is 10.1. The Bertz CT molecular complexity index is 553. The highest BCUT2D eigenvalue weighted by atomic mass is 19.1. The zero-order valence-electron chi connectivity index (χ0n) is 12.7. The van der Waals surface area contributed by atoms with Crippen molar-refractivity contribution in [2.45, 2.75) is 6.04 Å². The van der Waals surface area contributed by atoms with Gasteiger partial charge in [0.1, 0.15) is 6.04 Å². The van der Waals surface area contributed by atoms with Gasteiger partial charge in [-0.05, 0) is 19.2 Å². The Morgan fingerprint density at radius 1 is 1.36 bits per heavy atom. The second kappa shape index (κ2) is 7.22. The first-order valence-electron chi connectivity index (χ1n) is 7.10. The Labute approximate surface area is 128 Å². The zero-order valence-corrected chi connectivity index (χ0v) is 12.7. The van der Waals surface area contributed by atoms with Crippen molar-refractivity contribution in [3.8, 4) is 5.75 Å². The lowest BCUT2D eigenvalue weighted by molar-refractivity contribution is -0.139. The Balaban J connectivity index is 1.92. The number of nitrogens with zero attached hydrogens (tertiary/aromatic N) is 2. The number of carbonyl (C=O) groups excluding carboxylic acids is 2. The normalized spacial score (nSPS) is 18.9. The minimum absolute atomic E-state index is 0.0489. The molecule has 1 N–H and O–H groups in total. The van der Waals surface area contributed by atoms with Gasteiger partial charge in [0.2, 0.25) is 5.91 Å². The first-order chi connectivity index (χ1) is 10.5. The van der Waals surface area contributed by atoms with Gasteiger partial charge in [0.25, 0.3) is 5.91 Å². The fourth-order valence-corrected chi connectivity index (χ4v) is 2.34. The van der Waals surface area contributed by atoms with Crippen LogP contribution >= 0.6 is 0 Å². The summed E-state index contributed by atoms with van der Waals surface area (Å²) >= 11 is 0. The summed E-state index contributed by atoms with van der Waals surface area (Å²) in [6.45, 7) is 1.17. The lowest BCUT2D eigenvalue weighted by Gasteiger charge is -2.38. The van der Waals surface area contributed by atoms with Crippen molar-refractivity contribution in [1.82, 2.24) is 15.1 Å². The first kappa shape index (κ1) is 16.2. The van der Waals surface area contributed by atoms with Gasteiger partial charge >= 0.3 is 0 Å². The van der Waals surface area contributed by atoms with Crippen LogP contribution in [-0.2, 0) is 9.59 Å². The molecule has 22 heavy (non-hydrogen) atoms. The zero-order chi connectivity index (χ0) is 16.1. The van der Waals surface area contributed by atoms with Crippen LogP contribution in [0.1, 0.15) is 0 Å². The van der Waals surface area contributed by atoms with Crippen molar-refractivity contribution < 1.29 is 18.7 Å². The van der Waals surface area contributed by atoms with Crippen LogP contribution in [0.15, 0.2) is 24.3 Å². The van der Waals surface area contributed by atoms with E-state index in [4.69, 9.17) is 4.74 Å². The minimum atomic E-state index is -0.503. The smallest absolute Gasteiger partial charge is 0.260 e. The number of ether oxygens (including phenoxy) is 1. The molecule has 1 aromatic rings. The molecular formula is C15H20FN3O3. The van der Waals surface area contributed by atoms with Crippen molar-refractivity contribution in [1.29, 1.82) is 0 Å².